The van der Waals surface area contributed by atoms with Crippen molar-refractivity contribution in [2.75, 3.05) is 4.72 Å². The predicted octanol–water partition coefficient (Wildman–Crippen LogP) is 4.91. The Kier molecular flexibility index (Phi) is 4.60. The van der Waals surface area contributed by atoms with Crippen molar-refractivity contribution >= 4 is 32.6 Å². The molecule has 0 bridgehead atoms. The van der Waals surface area contributed by atoms with Crippen LogP contribution < -0.4 is 4.72 Å². The molecule has 7 heteroatoms. The molecule has 29 heavy (non-hydrogen) atoms. The number of fused-ring (bicyclic) bond motifs is 1. The second kappa shape index (κ2) is 7.10. The molecular weight excluding hydrogens is 390 g/mol. The van der Waals surface area contributed by atoms with Gasteiger partial charge in [-0.25, -0.2) is 13.2 Å². The van der Waals surface area contributed by atoms with E-state index in [0.29, 0.717) is 16.5 Å². The van der Waals surface area contributed by atoms with Crippen LogP contribution in [0, 0.1) is 6.92 Å². The van der Waals surface area contributed by atoms with E-state index in [-0.39, 0.29) is 21.9 Å². The number of aryl methyl sites for hydroxylation is 1. The number of carboxylic acids is 1. The van der Waals surface area contributed by atoms with Crippen LogP contribution in [0.3, 0.4) is 0 Å². The van der Waals surface area contributed by atoms with E-state index in [0.717, 1.165) is 5.56 Å². The Balaban J connectivity index is 1.79. The third kappa shape index (κ3) is 3.60. The van der Waals surface area contributed by atoms with Gasteiger partial charge in [-0.1, -0.05) is 48.0 Å². The Morgan fingerprint density at radius 1 is 0.966 bits per heavy atom. The SMILES string of the molecule is Cc1ccc(S(=O)(=O)Nc2ccc3oc(-c4ccccc4)c(C(=O)O)c3c2)cc1. The maximum atomic E-state index is 12.6. The van der Waals surface area contributed by atoms with Crippen LogP contribution in [0.25, 0.3) is 22.3 Å². The van der Waals surface area contributed by atoms with Crippen LogP contribution in [0.1, 0.15) is 15.9 Å². The number of carboxylic acid groups (broad SMARTS) is 1. The number of furan rings is 1. The van der Waals surface area contributed by atoms with Crippen molar-refractivity contribution < 1.29 is 22.7 Å². The summed E-state index contributed by atoms with van der Waals surface area (Å²) >= 11 is 0. The van der Waals surface area contributed by atoms with Crippen LogP contribution in [0.15, 0.2) is 82.1 Å². The molecule has 0 saturated heterocycles. The van der Waals surface area contributed by atoms with Gasteiger partial charge in [0.15, 0.2) is 0 Å². The summed E-state index contributed by atoms with van der Waals surface area (Å²) in [7, 11) is -3.81. The fraction of sp³-hybridized carbons (Fsp3) is 0.0455. The highest BCUT2D eigenvalue weighted by atomic mass is 32.2. The lowest BCUT2D eigenvalue weighted by Gasteiger charge is -2.08. The lowest BCUT2D eigenvalue weighted by Crippen LogP contribution is -2.12. The molecule has 6 nitrogen and oxygen atoms in total. The number of nitrogens with one attached hydrogen (secondary N) is 1. The number of benzene rings is 3. The normalized spacial score (nSPS) is 11.5. The maximum Gasteiger partial charge on any atom is 0.340 e. The molecule has 0 saturated carbocycles. The van der Waals surface area contributed by atoms with E-state index in [1.807, 2.05) is 13.0 Å². The number of aromatic carboxylic acids is 1. The first-order chi connectivity index (χ1) is 13.8. The summed E-state index contributed by atoms with van der Waals surface area (Å²) in [6.45, 7) is 1.87. The molecule has 1 aromatic heterocycles. The summed E-state index contributed by atoms with van der Waals surface area (Å²) in [4.78, 5) is 12.0. The van der Waals surface area contributed by atoms with Crippen LogP contribution in [-0.2, 0) is 10.0 Å². The highest BCUT2D eigenvalue weighted by molar-refractivity contribution is 7.92. The quantitative estimate of drug-likeness (QED) is 0.490. The van der Waals surface area contributed by atoms with Gasteiger partial charge in [0, 0.05) is 16.6 Å². The molecule has 0 radical (unpaired) electrons. The zero-order valence-electron chi connectivity index (χ0n) is 15.4. The minimum Gasteiger partial charge on any atom is -0.478 e. The summed E-state index contributed by atoms with van der Waals surface area (Å²) < 4.78 is 33.6. The Hall–Kier alpha value is -3.58. The predicted molar refractivity (Wildman–Crippen MR) is 111 cm³/mol. The Morgan fingerprint density at radius 2 is 1.66 bits per heavy atom. The van der Waals surface area contributed by atoms with Crippen LogP contribution in [-0.4, -0.2) is 19.5 Å². The van der Waals surface area contributed by atoms with Gasteiger partial charge in [0.2, 0.25) is 0 Å². The molecule has 0 amide bonds. The fourth-order valence-electron chi connectivity index (χ4n) is 3.10. The lowest BCUT2D eigenvalue weighted by molar-refractivity contribution is 0.0699. The number of sulfonamides is 1. The van der Waals surface area contributed by atoms with E-state index in [1.54, 1.807) is 42.5 Å². The molecule has 146 valence electrons. The molecule has 0 atom stereocenters. The summed E-state index contributed by atoms with van der Waals surface area (Å²) in [6, 6.07) is 19.9. The summed E-state index contributed by atoms with van der Waals surface area (Å²) in [5.41, 5.74) is 2.18. The summed E-state index contributed by atoms with van der Waals surface area (Å²) in [5, 5.41) is 10.1. The number of rotatable bonds is 5. The van der Waals surface area contributed by atoms with Gasteiger partial charge in [0.25, 0.3) is 10.0 Å². The van der Waals surface area contributed by atoms with Gasteiger partial charge in [-0.2, -0.15) is 0 Å². The van der Waals surface area contributed by atoms with Gasteiger partial charge < -0.3 is 9.52 Å². The van der Waals surface area contributed by atoms with Crippen LogP contribution in [0.4, 0.5) is 5.69 Å². The lowest BCUT2D eigenvalue weighted by atomic mass is 10.1. The Morgan fingerprint density at radius 3 is 2.31 bits per heavy atom. The minimum absolute atomic E-state index is 0.0115. The van der Waals surface area contributed by atoms with Crippen molar-refractivity contribution in [3.05, 3.63) is 83.9 Å². The molecule has 1 heterocycles. The van der Waals surface area contributed by atoms with Crippen molar-refractivity contribution in [2.45, 2.75) is 11.8 Å². The maximum absolute atomic E-state index is 12.6. The van der Waals surface area contributed by atoms with Crippen LogP contribution >= 0.6 is 0 Å². The van der Waals surface area contributed by atoms with E-state index in [9.17, 15) is 18.3 Å². The molecule has 3 aromatic carbocycles. The van der Waals surface area contributed by atoms with E-state index in [1.165, 1.54) is 24.3 Å². The smallest absolute Gasteiger partial charge is 0.340 e. The third-order valence-electron chi connectivity index (χ3n) is 4.52. The van der Waals surface area contributed by atoms with E-state index < -0.39 is 16.0 Å². The van der Waals surface area contributed by atoms with Gasteiger partial charge >= 0.3 is 5.97 Å². The molecular formula is C22H17NO5S. The van der Waals surface area contributed by atoms with Crippen molar-refractivity contribution in [2.24, 2.45) is 0 Å². The first kappa shape index (κ1) is 18.8. The number of hydrogen-bond acceptors (Lipinski definition) is 4. The number of carbonyl (C=O) groups is 1. The van der Waals surface area contributed by atoms with E-state index in [2.05, 4.69) is 4.72 Å². The minimum atomic E-state index is -3.81. The standard InChI is InChI=1S/C22H17NO5S/c1-14-7-10-17(11-8-14)29(26,27)23-16-9-12-19-18(13-16)20(22(24)25)21(28-19)15-5-3-2-4-6-15/h2-13,23H,1H3,(H,24,25). The van der Waals surface area contributed by atoms with E-state index >= 15 is 0 Å². The van der Waals surface area contributed by atoms with Gasteiger partial charge in [-0.15, -0.1) is 0 Å². The first-order valence-electron chi connectivity index (χ1n) is 8.80. The zero-order valence-corrected chi connectivity index (χ0v) is 16.2. The summed E-state index contributed by atoms with van der Waals surface area (Å²) in [6.07, 6.45) is 0. The van der Waals surface area contributed by atoms with Gasteiger partial charge in [-0.05, 0) is 37.3 Å². The number of hydrogen-bond donors (Lipinski definition) is 2. The van der Waals surface area contributed by atoms with Crippen LogP contribution in [0.2, 0.25) is 0 Å². The molecule has 0 aliphatic carbocycles. The molecule has 4 rings (SSSR count). The number of anilines is 1. The third-order valence-corrected chi connectivity index (χ3v) is 5.92. The molecule has 0 spiro atoms. The molecule has 0 unspecified atom stereocenters. The molecule has 0 fully saturated rings. The second-order valence-electron chi connectivity index (χ2n) is 6.61. The topological polar surface area (TPSA) is 96.6 Å². The fourth-order valence-corrected chi connectivity index (χ4v) is 4.15. The van der Waals surface area contributed by atoms with Crippen molar-refractivity contribution in [1.82, 2.24) is 0 Å². The van der Waals surface area contributed by atoms with E-state index in [4.69, 9.17) is 4.42 Å². The van der Waals surface area contributed by atoms with Gasteiger partial charge in [-0.3, -0.25) is 4.72 Å². The highest BCUT2D eigenvalue weighted by Crippen LogP contribution is 2.35. The average Bonchev–Trinajstić information content (AvgIpc) is 3.08. The molecule has 4 aromatic rings. The van der Waals surface area contributed by atoms with Gasteiger partial charge in [0.05, 0.1) is 4.90 Å². The molecule has 2 N–H and O–H groups in total. The van der Waals surface area contributed by atoms with Crippen LogP contribution in [0.5, 0.6) is 0 Å². The largest absolute Gasteiger partial charge is 0.478 e. The Labute approximate surface area is 167 Å². The monoisotopic (exact) mass is 407 g/mol. The van der Waals surface area contributed by atoms with Crippen molar-refractivity contribution in [3.63, 3.8) is 0 Å². The van der Waals surface area contributed by atoms with Gasteiger partial charge in [0.1, 0.15) is 16.9 Å². The molecule has 0 aliphatic heterocycles. The average molecular weight is 407 g/mol. The first-order valence-corrected chi connectivity index (χ1v) is 10.3. The van der Waals surface area contributed by atoms with Crippen molar-refractivity contribution in [1.29, 1.82) is 0 Å². The van der Waals surface area contributed by atoms with Crippen molar-refractivity contribution in [3.8, 4) is 11.3 Å². The second-order valence-corrected chi connectivity index (χ2v) is 8.29. The zero-order chi connectivity index (χ0) is 20.6. The Bertz CT molecular complexity index is 1310. The molecule has 0 aliphatic rings. The highest BCUT2D eigenvalue weighted by Gasteiger charge is 2.22. The summed E-state index contributed by atoms with van der Waals surface area (Å²) in [5.74, 6) is -0.923.